The second-order valence-corrected chi connectivity index (χ2v) is 7.54. The summed E-state index contributed by atoms with van der Waals surface area (Å²) in [4.78, 5) is 11.1. The molecule has 0 aromatic heterocycles. The zero-order valence-electron chi connectivity index (χ0n) is 14.5. The molecular weight excluding hydrogens is 260 g/mol. The van der Waals surface area contributed by atoms with E-state index in [0.717, 1.165) is 37.5 Å². The highest BCUT2D eigenvalue weighted by molar-refractivity contribution is 5.77. The predicted molar refractivity (Wildman–Crippen MR) is 89.5 cm³/mol. The summed E-state index contributed by atoms with van der Waals surface area (Å²) in [5.74, 6) is 1.17. The van der Waals surface area contributed by atoms with Crippen LogP contribution in [-0.2, 0) is 4.79 Å². The first-order valence-electron chi connectivity index (χ1n) is 9.25. The lowest BCUT2D eigenvalue weighted by Gasteiger charge is -2.20. The summed E-state index contributed by atoms with van der Waals surface area (Å²) >= 11 is 0. The van der Waals surface area contributed by atoms with Crippen LogP contribution in [-0.4, -0.2) is 11.1 Å². The quantitative estimate of drug-likeness (QED) is 0.420. The van der Waals surface area contributed by atoms with Crippen LogP contribution in [0, 0.1) is 17.3 Å². The van der Waals surface area contributed by atoms with E-state index in [1.807, 2.05) is 0 Å². The van der Waals surface area contributed by atoms with Crippen molar-refractivity contribution in [1.29, 1.82) is 0 Å². The molecule has 0 saturated heterocycles. The van der Waals surface area contributed by atoms with Gasteiger partial charge in [-0.15, -0.1) is 0 Å². The zero-order chi connectivity index (χ0) is 15.7. The Morgan fingerprint density at radius 3 is 2.10 bits per heavy atom. The average molecular weight is 296 g/mol. The SMILES string of the molecule is CCCCC(CCCCCCCC1(C(=O)O)CC1)C(C)C. The number of aliphatic carboxylic acids is 1. The van der Waals surface area contributed by atoms with Crippen molar-refractivity contribution in [2.45, 2.75) is 97.8 Å². The van der Waals surface area contributed by atoms with Gasteiger partial charge in [0.1, 0.15) is 0 Å². The predicted octanol–water partition coefficient (Wildman–Crippen LogP) is 6.04. The van der Waals surface area contributed by atoms with Crippen molar-refractivity contribution < 1.29 is 9.90 Å². The molecule has 1 atom stereocenters. The van der Waals surface area contributed by atoms with E-state index in [4.69, 9.17) is 5.11 Å². The molecular formula is C19H36O2. The van der Waals surface area contributed by atoms with E-state index in [1.165, 1.54) is 51.4 Å². The number of rotatable bonds is 13. The van der Waals surface area contributed by atoms with Gasteiger partial charge >= 0.3 is 5.97 Å². The molecule has 0 bridgehead atoms. The highest BCUT2D eigenvalue weighted by Gasteiger charge is 2.49. The lowest BCUT2D eigenvalue weighted by Crippen LogP contribution is -2.14. The van der Waals surface area contributed by atoms with E-state index >= 15 is 0 Å². The maximum Gasteiger partial charge on any atom is 0.309 e. The van der Waals surface area contributed by atoms with Gasteiger partial charge in [-0.3, -0.25) is 4.79 Å². The topological polar surface area (TPSA) is 37.3 Å². The van der Waals surface area contributed by atoms with Gasteiger partial charge in [-0.2, -0.15) is 0 Å². The summed E-state index contributed by atoms with van der Waals surface area (Å²) in [5, 5.41) is 9.13. The van der Waals surface area contributed by atoms with Gasteiger partial charge in [0.05, 0.1) is 5.41 Å². The summed E-state index contributed by atoms with van der Waals surface area (Å²) in [6, 6.07) is 0. The first kappa shape index (κ1) is 18.5. The van der Waals surface area contributed by atoms with Gasteiger partial charge in [0.15, 0.2) is 0 Å². The Bertz CT molecular complexity index is 292. The third-order valence-electron chi connectivity index (χ3n) is 5.41. The van der Waals surface area contributed by atoms with Crippen molar-refractivity contribution in [3.8, 4) is 0 Å². The molecule has 1 aliphatic rings. The van der Waals surface area contributed by atoms with E-state index in [-0.39, 0.29) is 5.41 Å². The molecule has 0 heterocycles. The normalized spacial score (nSPS) is 17.9. The van der Waals surface area contributed by atoms with Crippen LogP contribution in [0.1, 0.15) is 97.8 Å². The van der Waals surface area contributed by atoms with Gasteiger partial charge < -0.3 is 5.11 Å². The molecule has 0 spiro atoms. The Balaban J connectivity index is 1.99. The average Bonchev–Trinajstić information content (AvgIpc) is 3.21. The number of carboxylic acids is 1. The molecule has 2 nitrogen and oxygen atoms in total. The maximum absolute atomic E-state index is 11.1. The summed E-state index contributed by atoms with van der Waals surface area (Å²) in [5.41, 5.74) is -0.303. The molecule has 0 aromatic rings. The van der Waals surface area contributed by atoms with E-state index in [0.29, 0.717) is 0 Å². The van der Waals surface area contributed by atoms with Crippen LogP contribution in [0.2, 0.25) is 0 Å². The number of carbonyl (C=O) groups is 1. The molecule has 1 fully saturated rings. The summed E-state index contributed by atoms with van der Waals surface area (Å²) in [7, 11) is 0. The number of hydrogen-bond donors (Lipinski definition) is 1. The molecule has 2 heteroatoms. The van der Waals surface area contributed by atoms with Crippen LogP contribution in [0.3, 0.4) is 0 Å². The maximum atomic E-state index is 11.1. The van der Waals surface area contributed by atoms with Gasteiger partial charge in [0.25, 0.3) is 0 Å². The minimum Gasteiger partial charge on any atom is -0.481 e. The largest absolute Gasteiger partial charge is 0.481 e. The molecule has 1 saturated carbocycles. The fourth-order valence-corrected chi connectivity index (χ4v) is 3.40. The number of hydrogen-bond acceptors (Lipinski definition) is 1. The Morgan fingerprint density at radius 1 is 1.00 bits per heavy atom. The smallest absolute Gasteiger partial charge is 0.309 e. The first-order chi connectivity index (χ1) is 10.0. The standard InChI is InChI=1S/C19H36O2/c1-4-5-11-17(16(2)3)12-9-7-6-8-10-13-19(14-15-19)18(20)21/h16-17H,4-15H2,1-3H3,(H,20,21). The molecule has 124 valence electrons. The van der Waals surface area contributed by atoms with Crippen molar-refractivity contribution in [2.75, 3.05) is 0 Å². The van der Waals surface area contributed by atoms with Crippen LogP contribution in [0.15, 0.2) is 0 Å². The highest BCUT2D eigenvalue weighted by atomic mass is 16.4. The monoisotopic (exact) mass is 296 g/mol. The molecule has 21 heavy (non-hydrogen) atoms. The van der Waals surface area contributed by atoms with Crippen LogP contribution in [0.4, 0.5) is 0 Å². The second kappa shape index (κ2) is 9.48. The molecule has 0 aromatic carbocycles. The molecule has 0 aliphatic heterocycles. The first-order valence-corrected chi connectivity index (χ1v) is 9.25. The molecule has 1 unspecified atom stereocenters. The van der Waals surface area contributed by atoms with E-state index in [2.05, 4.69) is 20.8 Å². The molecule has 1 N–H and O–H groups in total. The van der Waals surface area contributed by atoms with Crippen molar-refractivity contribution in [3.63, 3.8) is 0 Å². The van der Waals surface area contributed by atoms with Gasteiger partial charge in [0, 0.05) is 0 Å². The van der Waals surface area contributed by atoms with Crippen molar-refractivity contribution >= 4 is 5.97 Å². The van der Waals surface area contributed by atoms with Crippen LogP contribution in [0.5, 0.6) is 0 Å². The molecule has 1 rings (SSSR count). The van der Waals surface area contributed by atoms with Crippen molar-refractivity contribution in [3.05, 3.63) is 0 Å². The number of carboxylic acid groups (broad SMARTS) is 1. The summed E-state index contributed by atoms with van der Waals surface area (Å²) < 4.78 is 0. The van der Waals surface area contributed by atoms with Gasteiger partial charge in [0.2, 0.25) is 0 Å². The van der Waals surface area contributed by atoms with E-state index in [9.17, 15) is 4.79 Å². The molecule has 0 amide bonds. The Kier molecular flexibility index (Phi) is 8.36. The van der Waals surface area contributed by atoms with E-state index < -0.39 is 5.97 Å². The second-order valence-electron chi connectivity index (χ2n) is 7.54. The van der Waals surface area contributed by atoms with Crippen molar-refractivity contribution in [1.82, 2.24) is 0 Å². The molecule has 1 aliphatic carbocycles. The fraction of sp³-hybridized carbons (Fsp3) is 0.947. The van der Waals surface area contributed by atoms with Gasteiger partial charge in [-0.25, -0.2) is 0 Å². The van der Waals surface area contributed by atoms with Crippen LogP contribution < -0.4 is 0 Å². The Hall–Kier alpha value is -0.530. The third kappa shape index (κ3) is 6.84. The lowest BCUT2D eigenvalue weighted by atomic mass is 9.86. The molecule has 0 radical (unpaired) electrons. The Morgan fingerprint density at radius 2 is 1.57 bits per heavy atom. The van der Waals surface area contributed by atoms with Gasteiger partial charge in [-0.05, 0) is 31.1 Å². The minimum absolute atomic E-state index is 0.303. The van der Waals surface area contributed by atoms with Crippen molar-refractivity contribution in [2.24, 2.45) is 17.3 Å². The third-order valence-corrected chi connectivity index (χ3v) is 5.41. The lowest BCUT2D eigenvalue weighted by molar-refractivity contribution is -0.143. The number of unbranched alkanes of at least 4 members (excludes halogenated alkanes) is 5. The summed E-state index contributed by atoms with van der Waals surface area (Å²) in [6.45, 7) is 7.00. The minimum atomic E-state index is -0.557. The van der Waals surface area contributed by atoms with Gasteiger partial charge in [-0.1, -0.05) is 78.6 Å². The van der Waals surface area contributed by atoms with E-state index in [1.54, 1.807) is 0 Å². The van der Waals surface area contributed by atoms with Crippen LogP contribution >= 0.6 is 0 Å². The summed E-state index contributed by atoms with van der Waals surface area (Å²) in [6.07, 6.45) is 14.5. The zero-order valence-corrected chi connectivity index (χ0v) is 14.5. The van der Waals surface area contributed by atoms with Crippen LogP contribution in [0.25, 0.3) is 0 Å². The Labute approximate surface area is 131 Å². The fourth-order valence-electron chi connectivity index (χ4n) is 3.40. The highest BCUT2D eigenvalue weighted by Crippen LogP contribution is 2.50.